The molecule has 2 aromatic rings. The van der Waals surface area contributed by atoms with Crippen molar-refractivity contribution in [3.8, 4) is 11.3 Å². The van der Waals surface area contributed by atoms with E-state index in [1.807, 2.05) is 0 Å². The number of hydrogen-bond donors (Lipinski definition) is 2. The lowest BCUT2D eigenvalue weighted by Crippen LogP contribution is -2.39. The number of carbonyl (C=O) groups excluding carboxylic acids is 1. The van der Waals surface area contributed by atoms with Crippen LogP contribution in [0.25, 0.3) is 11.3 Å². The van der Waals surface area contributed by atoms with Crippen LogP contribution in [0.4, 0.5) is 18.9 Å². The largest absolute Gasteiger partial charge is 0.405 e. The number of nitrogens with one attached hydrogen (secondary N) is 2. The quantitative estimate of drug-likeness (QED) is 0.570. The highest BCUT2D eigenvalue weighted by atomic mass is 19.4. The number of hydrogen-bond acceptors (Lipinski definition) is 5. The minimum Gasteiger partial charge on any atom is -0.346 e. The summed E-state index contributed by atoms with van der Waals surface area (Å²) in [6.07, 6.45) is -2.76. The number of aryl methyl sites for hydroxylation is 1. The minimum absolute atomic E-state index is 0.0503. The van der Waals surface area contributed by atoms with Crippen molar-refractivity contribution in [2.24, 2.45) is 7.05 Å². The van der Waals surface area contributed by atoms with Crippen molar-refractivity contribution in [2.75, 3.05) is 13.1 Å². The van der Waals surface area contributed by atoms with E-state index in [-0.39, 0.29) is 18.8 Å². The molecule has 1 heterocycles. The topological polar surface area (TPSA) is 102 Å². The van der Waals surface area contributed by atoms with Gasteiger partial charge in [0.2, 0.25) is 5.91 Å². The molecule has 2 N–H and O–H groups in total. The first-order valence-corrected chi connectivity index (χ1v) is 7.47. The fourth-order valence-electron chi connectivity index (χ4n) is 2.22. The molecule has 0 aliphatic rings. The fourth-order valence-corrected chi connectivity index (χ4v) is 2.22. The number of alkyl halides is 3. The Kier molecular flexibility index (Phi) is 5.93. The third kappa shape index (κ3) is 5.55. The SMILES string of the molecule is Cn1cc(CNCC(=O)NCC(F)(F)F)c(-c2ccc([N+](=O)[O-])cc2)n1. The average molecular weight is 371 g/mol. The summed E-state index contributed by atoms with van der Waals surface area (Å²) >= 11 is 0. The molecule has 0 unspecified atom stereocenters. The summed E-state index contributed by atoms with van der Waals surface area (Å²) in [5.74, 6) is -0.775. The monoisotopic (exact) mass is 371 g/mol. The molecule has 0 atom stereocenters. The molecule has 0 radical (unpaired) electrons. The van der Waals surface area contributed by atoms with Crippen LogP contribution in [0.15, 0.2) is 30.5 Å². The third-order valence-electron chi connectivity index (χ3n) is 3.34. The predicted octanol–water partition coefficient (Wildman–Crippen LogP) is 1.76. The van der Waals surface area contributed by atoms with Gasteiger partial charge in [-0.3, -0.25) is 19.6 Å². The lowest BCUT2D eigenvalue weighted by molar-refractivity contribution is -0.384. The van der Waals surface area contributed by atoms with Crippen LogP contribution >= 0.6 is 0 Å². The fraction of sp³-hybridized carbons (Fsp3) is 0.333. The number of non-ortho nitro benzene ring substituents is 1. The number of carbonyl (C=O) groups is 1. The molecule has 0 aliphatic carbocycles. The summed E-state index contributed by atoms with van der Waals surface area (Å²) < 4.78 is 37.6. The van der Waals surface area contributed by atoms with Crippen LogP contribution in [0.1, 0.15) is 5.56 Å². The number of amides is 1. The summed E-state index contributed by atoms with van der Waals surface area (Å²) in [7, 11) is 1.69. The standard InChI is InChI=1S/C15H16F3N5O3/c1-22-8-11(6-19-7-13(24)20-9-15(16,17)18)14(21-22)10-2-4-12(5-3-10)23(25)26/h2-5,8,19H,6-7,9H2,1H3,(H,20,24). The number of nitro groups is 1. The van der Waals surface area contributed by atoms with Gasteiger partial charge in [-0.15, -0.1) is 0 Å². The Morgan fingerprint density at radius 1 is 1.31 bits per heavy atom. The molecule has 1 amide bonds. The van der Waals surface area contributed by atoms with Crippen LogP contribution < -0.4 is 10.6 Å². The van der Waals surface area contributed by atoms with Gasteiger partial charge in [-0.2, -0.15) is 18.3 Å². The van der Waals surface area contributed by atoms with E-state index in [0.717, 1.165) is 0 Å². The first kappa shape index (κ1) is 19.4. The van der Waals surface area contributed by atoms with Gasteiger partial charge in [-0.05, 0) is 12.1 Å². The number of nitro benzene ring substituents is 1. The van der Waals surface area contributed by atoms with Gasteiger partial charge in [-0.25, -0.2) is 0 Å². The van der Waals surface area contributed by atoms with E-state index in [0.29, 0.717) is 16.8 Å². The summed E-state index contributed by atoms with van der Waals surface area (Å²) in [5, 5.41) is 19.5. The van der Waals surface area contributed by atoms with Gasteiger partial charge in [0.15, 0.2) is 0 Å². The molecule has 1 aromatic carbocycles. The Labute approximate surface area is 146 Å². The molecule has 0 saturated carbocycles. The lowest BCUT2D eigenvalue weighted by Gasteiger charge is -2.09. The van der Waals surface area contributed by atoms with Gasteiger partial charge in [0.05, 0.1) is 17.2 Å². The van der Waals surface area contributed by atoms with Crippen LogP contribution in [-0.2, 0) is 18.4 Å². The zero-order valence-corrected chi connectivity index (χ0v) is 13.7. The summed E-state index contributed by atoms with van der Waals surface area (Å²) in [4.78, 5) is 21.6. The second kappa shape index (κ2) is 7.95. The molecule has 0 spiro atoms. The molecule has 8 nitrogen and oxygen atoms in total. The van der Waals surface area contributed by atoms with Crippen molar-refractivity contribution in [3.05, 3.63) is 46.1 Å². The first-order chi connectivity index (χ1) is 12.2. The highest BCUT2D eigenvalue weighted by Crippen LogP contribution is 2.24. The third-order valence-corrected chi connectivity index (χ3v) is 3.34. The van der Waals surface area contributed by atoms with Crippen LogP contribution in [0, 0.1) is 10.1 Å². The summed E-state index contributed by atoms with van der Waals surface area (Å²) in [5.41, 5.74) is 1.86. The van der Waals surface area contributed by atoms with Crippen molar-refractivity contribution in [2.45, 2.75) is 12.7 Å². The first-order valence-electron chi connectivity index (χ1n) is 7.47. The maximum atomic E-state index is 12.0. The zero-order valence-electron chi connectivity index (χ0n) is 13.7. The molecule has 0 aliphatic heterocycles. The minimum atomic E-state index is -4.46. The number of halogens is 3. The van der Waals surface area contributed by atoms with E-state index in [9.17, 15) is 28.1 Å². The normalized spacial score (nSPS) is 11.4. The van der Waals surface area contributed by atoms with Crippen LogP contribution in [0.2, 0.25) is 0 Å². The molecule has 0 fully saturated rings. The molecular formula is C15H16F3N5O3. The average Bonchev–Trinajstić information content (AvgIpc) is 2.93. The second-order valence-electron chi connectivity index (χ2n) is 5.48. The summed E-state index contributed by atoms with van der Waals surface area (Å²) in [6.45, 7) is -1.47. The van der Waals surface area contributed by atoms with E-state index >= 15 is 0 Å². The lowest BCUT2D eigenvalue weighted by atomic mass is 10.1. The molecule has 0 bridgehead atoms. The van der Waals surface area contributed by atoms with Gasteiger partial charge in [-0.1, -0.05) is 0 Å². The predicted molar refractivity (Wildman–Crippen MR) is 86.1 cm³/mol. The van der Waals surface area contributed by atoms with E-state index in [1.54, 1.807) is 30.7 Å². The van der Waals surface area contributed by atoms with Gasteiger partial charge in [0, 0.05) is 43.0 Å². The van der Waals surface area contributed by atoms with Crippen molar-refractivity contribution in [3.63, 3.8) is 0 Å². The smallest absolute Gasteiger partial charge is 0.346 e. The Morgan fingerprint density at radius 3 is 2.54 bits per heavy atom. The summed E-state index contributed by atoms with van der Waals surface area (Å²) in [6, 6.07) is 5.82. The zero-order chi connectivity index (χ0) is 19.3. The molecule has 26 heavy (non-hydrogen) atoms. The molecule has 1 aromatic heterocycles. The van der Waals surface area contributed by atoms with Gasteiger partial charge < -0.3 is 10.6 Å². The highest BCUT2D eigenvalue weighted by Gasteiger charge is 2.27. The van der Waals surface area contributed by atoms with Gasteiger partial charge >= 0.3 is 6.18 Å². The maximum Gasteiger partial charge on any atom is 0.405 e. The Balaban J connectivity index is 1.98. The Hall–Kier alpha value is -2.95. The van der Waals surface area contributed by atoms with E-state index in [2.05, 4.69) is 10.4 Å². The molecule has 140 valence electrons. The second-order valence-corrected chi connectivity index (χ2v) is 5.48. The molecule has 0 saturated heterocycles. The highest BCUT2D eigenvalue weighted by molar-refractivity contribution is 5.78. The van der Waals surface area contributed by atoms with Gasteiger partial charge in [0.25, 0.3) is 5.69 Å². The van der Waals surface area contributed by atoms with E-state index < -0.39 is 23.6 Å². The van der Waals surface area contributed by atoms with Gasteiger partial charge in [0.1, 0.15) is 6.54 Å². The van der Waals surface area contributed by atoms with E-state index in [4.69, 9.17) is 0 Å². The van der Waals surface area contributed by atoms with Crippen LogP contribution in [0.3, 0.4) is 0 Å². The number of aromatic nitrogens is 2. The maximum absolute atomic E-state index is 12.0. The molecular weight excluding hydrogens is 355 g/mol. The Bertz CT molecular complexity index is 787. The number of benzene rings is 1. The number of rotatable bonds is 7. The van der Waals surface area contributed by atoms with Crippen LogP contribution in [0.5, 0.6) is 0 Å². The van der Waals surface area contributed by atoms with Crippen molar-refractivity contribution < 1.29 is 22.9 Å². The van der Waals surface area contributed by atoms with E-state index in [1.165, 1.54) is 16.8 Å². The van der Waals surface area contributed by atoms with Crippen molar-refractivity contribution >= 4 is 11.6 Å². The van der Waals surface area contributed by atoms with Crippen molar-refractivity contribution in [1.29, 1.82) is 0 Å². The molecule has 11 heteroatoms. The molecule has 2 rings (SSSR count). The van der Waals surface area contributed by atoms with Crippen LogP contribution in [-0.4, -0.2) is 39.9 Å². The Morgan fingerprint density at radius 2 is 1.96 bits per heavy atom. The number of nitrogens with zero attached hydrogens (tertiary/aromatic N) is 3. The van der Waals surface area contributed by atoms with Crippen molar-refractivity contribution in [1.82, 2.24) is 20.4 Å².